The number of rotatable bonds is 7. The van der Waals surface area contributed by atoms with Crippen LogP contribution in [0.4, 0.5) is 5.13 Å². The Morgan fingerprint density at radius 2 is 1.73 bits per heavy atom. The quantitative estimate of drug-likeness (QED) is 0.486. The number of hydrogen-bond acceptors (Lipinski definition) is 7. The topological polar surface area (TPSA) is 73.3 Å². The van der Waals surface area contributed by atoms with Gasteiger partial charge in [-0.2, -0.15) is 0 Å². The van der Waals surface area contributed by atoms with Gasteiger partial charge < -0.3 is 9.47 Å². The van der Waals surface area contributed by atoms with Gasteiger partial charge in [0.15, 0.2) is 4.34 Å². The molecule has 0 radical (unpaired) electrons. The third kappa shape index (κ3) is 4.33. The van der Waals surface area contributed by atoms with Crippen LogP contribution in [0.5, 0.6) is 11.5 Å². The van der Waals surface area contributed by atoms with Gasteiger partial charge >= 0.3 is 0 Å². The molecule has 0 fully saturated rings. The lowest BCUT2D eigenvalue weighted by Crippen LogP contribution is -2.14. The molecule has 8 heteroatoms. The Kier molecular flexibility index (Phi) is 6.08. The Morgan fingerprint density at radius 3 is 2.38 bits per heavy atom. The summed E-state index contributed by atoms with van der Waals surface area (Å²) in [5, 5.41) is 11.3. The molecule has 134 valence electrons. The number of thioether (sulfide) groups is 1. The highest BCUT2D eigenvalue weighted by Crippen LogP contribution is 2.31. The maximum Gasteiger partial charge on any atom is 0.265 e. The van der Waals surface area contributed by atoms with Crippen LogP contribution < -0.4 is 14.8 Å². The zero-order valence-electron chi connectivity index (χ0n) is 14.3. The third-order valence-electron chi connectivity index (χ3n) is 3.49. The lowest BCUT2D eigenvalue weighted by Gasteiger charge is -2.11. The summed E-state index contributed by atoms with van der Waals surface area (Å²) in [6, 6.07) is 15.3. The van der Waals surface area contributed by atoms with Gasteiger partial charge in [0, 0.05) is 5.75 Å². The minimum absolute atomic E-state index is 0.325. The number of methoxy groups -OCH3 is 2. The monoisotopic (exact) mass is 387 g/mol. The number of benzene rings is 2. The molecule has 3 rings (SSSR count). The van der Waals surface area contributed by atoms with Crippen LogP contribution in [-0.4, -0.2) is 30.3 Å². The molecule has 0 aliphatic carbocycles. The van der Waals surface area contributed by atoms with E-state index in [1.165, 1.54) is 31.1 Å². The van der Waals surface area contributed by atoms with Crippen LogP contribution in [0, 0.1) is 0 Å². The fourth-order valence-electron chi connectivity index (χ4n) is 2.27. The number of nitrogens with one attached hydrogen (secondary N) is 1. The van der Waals surface area contributed by atoms with Gasteiger partial charge in [0.1, 0.15) is 17.1 Å². The number of amides is 1. The minimum Gasteiger partial charge on any atom is -0.496 e. The van der Waals surface area contributed by atoms with Crippen molar-refractivity contribution in [2.45, 2.75) is 10.1 Å². The molecule has 0 aliphatic rings. The highest BCUT2D eigenvalue weighted by Gasteiger charge is 2.19. The van der Waals surface area contributed by atoms with Crippen molar-refractivity contribution in [2.24, 2.45) is 0 Å². The molecular formula is C18H17N3O3S2. The number of carbonyl (C=O) groups excluding carboxylic acids is 1. The second-order valence-corrected chi connectivity index (χ2v) is 7.34. The van der Waals surface area contributed by atoms with Gasteiger partial charge in [-0.1, -0.05) is 59.5 Å². The number of ether oxygens (including phenoxy) is 2. The van der Waals surface area contributed by atoms with E-state index in [0.29, 0.717) is 22.2 Å². The van der Waals surface area contributed by atoms with Crippen LogP contribution in [0.2, 0.25) is 0 Å². The minimum atomic E-state index is -0.352. The molecule has 0 aliphatic heterocycles. The van der Waals surface area contributed by atoms with Crippen molar-refractivity contribution in [1.29, 1.82) is 0 Å². The van der Waals surface area contributed by atoms with Crippen molar-refractivity contribution >= 4 is 34.1 Å². The van der Waals surface area contributed by atoms with Gasteiger partial charge in [0.2, 0.25) is 5.13 Å². The molecule has 26 heavy (non-hydrogen) atoms. The van der Waals surface area contributed by atoms with Crippen molar-refractivity contribution in [1.82, 2.24) is 10.2 Å². The third-order valence-corrected chi connectivity index (χ3v) is 5.53. The Hall–Kier alpha value is -2.58. The molecule has 1 amide bonds. The number of carbonyl (C=O) groups is 1. The van der Waals surface area contributed by atoms with Crippen molar-refractivity contribution in [3.63, 3.8) is 0 Å². The van der Waals surface area contributed by atoms with E-state index in [4.69, 9.17) is 9.47 Å². The van der Waals surface area contributed by atoms with Crippen LogP contribution in [0.1, 0.15) is 15.9 Å². The van der Waals surface area contributed by atoms with Crippen molar-refractivity contribution in [3.05, 3.63) is 59.7 Å². The molecule has 0 bridgehead atoms. The predicted molar refractivity (Wildman–Crippen MR) is 103 cm³/mol. The maximum atomic E-state index is 12.6. The first-order chi connectivity index (χ1) is 12.7. The molecule has 0 spiro atoms. The molecule has 1 heterocycles. The van der Waals surface area contributed by atoms with Gasteiger partial charge in [-0.25, -0.2) is 0 Å². The lowest BCUT2D eigenvalue weighted by molar-refractivity contribution is 0.102. The molecule has 3 aromatic rings. The zero-order valence-corrected chi connectivity index (χ0v) is 15.9. The highest BCUT2D eigenvalue weighted by atomic mass is 32.2. The number of anilines is 1. The largest absolute Gasteiger partial charge is 0.496 e. The van der Waals surface area contributed by atoms with Gasteiger partial charge in [-0.05, 0) is 17.7 Å². The zero-order chi connectivity index (χ0) is 18.4. The first kappa shape index (κ1) is 18.2. The van der Waals surface area contributed by atoms with E-state index in [2.05, 4.69) is 27.6 Å². The Morgan fingerprint density at radius 1 is 1.04 bits per heavy atom. The summed E-state index contributed by atoms with van der Waals surface area (Å²) in [7, 11) is 3.02. The summed E-state index contributed by atoms with van der Waals surface area (Å²) in [5.74, 6) is 1.31. The summed E-state index contributed by atoms with van der Waals surface area (Å²) in [6.45, 7) is 0. The molecule has 0 saturated carbocycles. The summed E-state index contributed by atoms with van der Waals surface area (Å²) in [5.41, 5.74) is 1.53. The Balaban J connectivity index is 1.68. The summed E-state index contributed by atoms with van der Waals surface area (Å²) in [4.78, 5) is 12.6. The van der Waals surface area contributed by atoms with E-state index < -0.39 is 0 Å². The normalized spacial score (nSPS) is 10.4. The second kappa shape index (κ2) is 8.68. The van der Waals surface area contributed by atoms with E-state index >= 15 is 0 Å². The average Bonchev–Trinajstić information content (AvgIpc) is 3.13. The SMILES string of the molecule is COc1cccc(OC)c1C(=O)Nc1nnc(SCc2ccccc2)s1. The summed E-state index contributed by atoms with van der Waals surface area (Å²) < 4.78 is 11.3. The number of hydrogen-bond donors (Lipinski definition) is 1. The highest BCUT2D eigenvalue weighted by molar-refractivity contribution is 8.00. The van der Waals surface area contributed by atoms with Gasteiger partial charge in [0.05, 0.1) is 14.2 Å². The van der Waals surface area contributed by atoms with E-state index in [1.54, 1.807) is 30.0 Å². The molecule has 0 saturated heterocycles. The second-order valence-electron chi connectivity index (χ2n) is 5.14. The van der Waals surface area contributed by atoms with Crippen LogP contribution in [0.15, 0.2) is 52.9 Å². The van der Waals surface area contributed by atoms with Crippen LogP contribution in [-0.2, 0) is 5.75 Å². The molecule has 1 aromatic heterocycles. The van der Waals surface area contributed by atoms with Crippen LogP contribution in [0.25, 0.3) is 0 Å². The Labute approximate surface area is 159 Å². The van der Waals surface area contributed by atoms with Gasteiger partial charge in [0.25, 0.3) is 5.91 Å². The molecule has 6 nitrogen and oxygen atoms in total. The fraction of sp³-hybridized carbons (Fsp3) is 0.167. The van der Waals surface area contributed by atoms with E-state index in [0.717, 1.165) is 10.1 Å². The maximum absolute atomic E-state index is 12.6. The molecule has 2 aromatic carbocycles. The van der Waals surface area contributed by atoms with Gasteiger partial charge in [-0.3, -0.25) is 10.1 Å². The van der Waals surface area contributed by atoms with Crippen LogP contribution in [0.3, 0.4) is 0 Å². The summed E-state index contributed by atoms with van der Waals surface area (Å²) in [6.07, 6.45) is 0. The molecule has 1 N–H and O–H groups in total. The molecular weight excluding hydrogens is 370 g/mol. The fourth-order valence-corrected chi connectivity index (χ4v) is 3.98. The van der Waals surface area contributed by atoms with Gasteiger partial charge in [-0.15, -0.1) is 10.2 Å². The first-order valence-corrected chi connectivity index (χ1v) is 9.54. The van der Waals surface area contributed by atoms with E-state index in [-0.39, 0.29) is 5.91 Å². The number of nitrogens with zero attached hydrogens (tertiary/aromatic N) is 2. The molecule has 0 unspecified atom stereocenters. The summed E-state index contributed by atoms with van der Waals surface area (Å²) >= 11 is 2.91. The van der Waals surface area contributed by atoms with Crippen LogP contribution >= 0.6 is 23.1 Å². The van der Waals surface area contributed by atoms with E-state index in [1.807, 2.05) is 18.2 Å². The number of aromatic nitrogens is 2. The molecule has 0 atom stereocenters. The van der Waals surface area contributed by atoms with Crippen molar-refractivity contribution in [2.75, 3.05) is 19.5 Å². The Bertz CT molecular complexity index is 862. The predicted octanol–water partition coefficient (Wildman–Crippen LogP) is 4.10. The standard InChI is InChI=1S/C18H17N3O3S2/c1-23-13-9-6-10-14(24-2)15(13)16(22)19-17-20-21-18(26-17)25-11-12-7-4-3-5-8-12/h3-10H,11H2,1-2H3,(H,19,20,22). The lowest BCUT2D eigenvalue weighted by atomic mass is 10.1. The smallest absolute Gasteiger partial charge is 0.265 e. The first-order valence-electron chi connectivity index (χ1n) is 7.74. The average molecular weight is 387 g/mol. The van der Waals surface area contributed by atoms with Crippen molar-refractivity contribution < 1.29 is 14.3 Å². The van der Waals surface area contributed by atoms with E-state index in [9.17, 15) is 4.79 Å². The van der Waals surface area contributed by atoms with Crippen molar-refractivity contribution in [3.8, 4) is 11.5 Å².